The molecule has 2 amide bonds. The summed E-state index contributed by atoms with van der Waals surface area (Å²) in [5.74, 6) is -2.30. The van der Waals surface area contributed by atoms with Crippen molar-refractivity contribution < 1.29 is 33.7 Å². The number of nitrogens with zero attached hydrogens (tertiary/aromatic N) is 2. The Labute approximate surface area is 230 Å². The lowest BCUT2D eigenvalue weighted by Crippen LogP contribution is -2.59. The molecule has 1 aromatic rings. The van der Waals surface area contributed by atoms with E-state index >= 15 is 0 Å². The molecule has 3 heterocycles. The van der Waals surface area contributed by atoms with E-state index in [-0.39, 0.29) is 37.5 Å². The van der Waals surface area contributed by atoms with Crippen molar-refractivity contribution in [1.82, 2.24) is 4.90 Å². The third-order valence-corrected chi connectivity index (χ3v) is 8.32. The number of methoxy groups -OCH3 is 1. The Bertz CT molecular complexity index is 1090. The summed E-state index contributed by atoms with van der Waals surface area (Å²) in [5, 5.41) is 10.4. The summed E-state index contributed by atoms with van der Waals surface area (Å²) in [6.07, 6.45) is 5.25. The molecule has 6 atom stereocenters. The third-order valence-electron chi connectivity index (χ3n) is 8.32. The number of carbonyl (C=O) groups excluding carboxylic acids is 3. The Morgan fingerprint density at radius 1 is 1.26 bits per heavy atom. The number of rotatable bonds is 13. The van der Waals surface area contributed by atoms with Gasteiger partial charge in [-0.3, -0.25) is 14.4 Å². The first-order valence-electron chi connectivity index (χ1n) is 13.7. The highest BCUT2D eigenvalue weighted by Crippen LogP contribution is 2.59. The van der Waals surface area contributed by atoms with Gasteiger partial charge in [-0.1, -0.05) is 26.0 Å². The molecule has 212 valence electrons. The number of likely N-dealkylation sites (tertiary alicyclic amines) is 1. The highest BCUT2D eigenvalue weighted by molar-refractivity contribution is 6.04. The van der Waals surface area contributed by atoms with Crippen molar-refractivity contribution in [2.24, 2.45) is 17.8 Å². The largest absolute Gasteiger partial charge is 0.497 e. The molecule has 1 N–H and O–H groups in total. The average Bonchev–Trinajstić information content (AvgIpc) is 3.57. The summed E-state index contributed by atoms with van der Waals surface area (Å²) in [5.41, 5.74) is -0.568. The first kappa shape index (κ1) is 28.8. The maximum absolute atomic E-state index is 14.5. The molecule has 2 unspecified atom stereocenters. The molecule has 9 nitrogen and oxygen atoms in total. The predicted molar refractivity (Wildman–Crippen MR) is 146 cm³/mol. The number of aliphatic hydroxyl groups is 1. The van der Waals surface area contributed by atoms with Crippen molar-refractivity contribution in [1.29, 1.82) is 0 Å². The fourth-order valence-corrected chi connectivity index (χ4v) is 6.47. The molecule has 1 aromatic carbocycles. The van der Waals surface area contributed by atoms with E-state index in [0.717, 1.165) is 0 Å². The first-order chi connectivity index (χ1) is 18.7. The van der Waals surface area contributed by atoms with Gasteiger partial charge >= 0.3 is 5.97 Å². The SMILES string of the molecule is C=CCCCOC(=O)[C@@H]1[C@@H]2CCC3(O2)C(C(=O)N(CC=C)c2ccc(OC)cc2)N([C@@H](CO)C(C)C)C(=O)[C@H]13. The Morgan fingerprint density at radius 2 is 1.97 bits per heavy atom. The zero-order valence-corrected chi connectivity index (χ0v) is 23.1. The van der Waals surface area contributed by atoms with Crippen LogP contribution in [0.2, 0.25) is 0 Å². The number of fused-ring (bicyclic) bond motifs is 1. The van der Waals surface area contributed by atoms with Gasteiger partial charge in [0.15, 0.2) is 0 Å². The minimum Gasteiger partial charge on any atom is -0.497 e. The van der Waals surface area contributed by atoms with E-state index in [0.29, 0.717) is 37.1 Å². The van der Waals surface area contributed by atoms with Crippen LogP contribution >= 0.6 is 0 Å². The fraction of sp³-hybridized carbons (Fsp3) is 0.567. The minimum atomic E-state index is -1.18. The third kappa shape index (κ3) is 4.98. The van der Waals surface area contributed by atoms with Crippen LogP contribution in [0.25, 0.3) is 0 Å². The lowest BCUT2D eigenvalue weighted by Gasteiger charge is -2.40. The number of aliphatic hydroxyl groups excluding tert-OH is 1. The normalized spacial score (nSPS) is 27.8. The Balaban J connectivity index is 1.74. The van der Waals surface area contributed by atoms with Crippen molar-refractivity contribution in [2.45, 2.75) is 63.3 Å². The summed E-state index contributed by atoms with van der Waals surface area (Å²) in [4.78, 5) is 45.0. The van der Waals surface area contributed by atoms with Gasteiger partial charge in [0.25, 0.3) is 5.91 Å². The predicted octanol–water partition coefficient (Wildman–Crippen LogP) is 3.12. The van der Waals surface area contributed by atoms with E-state index in [2.05, 4.69) is 13.2 Å². The molecule has 0 saturated carbocycles. The van der Waals surface area contributed by atoms with Crippen molar-refractivity contribution in [3.8, 4) is 5.75 Å². The summed E-state index contributed by atoms with van der Waals surface area (Å²) in [6.45, 7) is 11.4. The van der Waals surface area contributed by atoms with Gasteiger partial charge in [0.1, 0.15) is 17.4 Å². The second kappa shape index (κ2) is 11.9. The van der Waals surface area contributed by atoms with Gasteiger partial charge in [0.2, 0.25) is 5.91 Å². The molecule has 4 rings (SSSR count). The zero-order valence-electron chi connectivity index (χ0n) is 23.1. The number of esters is 1. The number of benzene rings is 1. The molecular weight excluding hydrogens is 500 g/mol. The second-order valence-electron chi connectivity index (χ2n) is 10.8. The van der Waals surface area contributed by atoms with Crippen LogP contribution in [0, 0.1) is 17.8 Å². The molecule has 3 aliphatic rings. The van der Waals surface area contributed by atoms with Gasteiger partial charge in [-0.05, 0) is 55.9 Å². The molecular formula is C30H40N2O7. The lowest BCUT2D eigenvalue weighted by molar-refractivity contribution is -0.156. The van der Waals surface area contributed by atoms with Gasteiger partial charge in [0, 0.05) is 12.2 Å². The molecule has 2 bridgehead atoms. The standard InChI is InChI=1S/C30H40N2O7/c1-6-8-9-17-38-29(36)24-23-14-15-30(39-23)25(24)27(34)32(22(18-33)19(3)4)26(30)28(35)31(16-7-2)20-10-12-21(37-5)13-11-20/h6-7,10-13,19,22-26,33H,1-2,8-9,14-18H2,3-5H3/t22-,23-,24+,25-,26?,30?/m0/s1. The quantitative estimate of drug-likeness (QED) is 0.233. The maximum Gasteiger partial charge on any atom is 0.312 e. The number of carbonyl (C=O) groups is 3. The van der Waals surface area contributed by atoms with Crippen LogP contribution < -0.4 is 9.64 Å². The van der Waals surface area contributed by atoms with Crippen LogP contribution in [0.1, 0.15) is 39.5 Å². The van der Waals surface area contributed by atoms with E-state index < -0.39 is 41.6 Å². The number of amides is 2. The summed E-state index contributed by atoms with van der Waals surface area (Å²) >= 11 is 0. The number of hydrogen-bond donors (Lipinski definition) is 1. The van der Waals surface area contributed by atoms with Crippen LogP contribution in [-0.4, -0.2) is 78.4 Å². The summed E-state index contributed by atoms with van der Waals surface area (Å²) < 4.78 is 17.3. The van der Waals surface area contributed by atoms with E-state index in [1.54, 1.807) is 48.4 Å². The van der Waals surface area contributed by atoms with Crippen LogP contribution in [0.15, 0.2) is 49.6 Å². The molecule has 3 saturated heterocycles. The summed E-state index contributed by atoms with van der Waals surface area (Å²) in [6, 6.07) is 5.44. The fourth-order valence-electron chi connectivity index (χ4n) is 6.47. The Morgan fingerprint density at radius 3 is 2.56 bits per heavy atom. The van der Waals surface area contributed by atoms with Crippen LogP contribution in [0.5, 0.6) is 5.75 Å². The van der Waals surface area contributed by atoms with Gasteiger partial charge in [-0.25, -0.2) is 0 Å². The Hall–Kier alpha value is -3.17. The number of hydrogen-bond acceptors (Lipinski definition) is 7. The maximum atomic E-state index is 14.5. The molecule has 3 aliphatic heterocycles. The number of unbranched alkanes of at least 4 members (excludes halogenated alkanes) is 1. The molecule has 0 radical (unpaired) electrons. The summed E-state index contributed by atoms with van der Waals surface area (Å²) in [7, 11) is 1.57. The van der Waals surface area contributed by atoms with Gasteiger partial charge in [-0.2, -0.15) is 0 Å². The van der Waals surface area contributed by atoms with E-state index in [4.69, 9.17) is 14.2 Å². The molecule has 3 fully saturated rings. The van der Waals surface area contributed by atoms with Crippen molar-refractivity contribution in [2.75, 3.05) is 31.8 Å². The number of ether oxygens (including phenoxy) is 3. The average molecular weight is 541 g/mol. The highest BCUT2D eigenvalue weighted by atomic mass is 16.6. The molecule has 39 heavy (non-hydrogen) atoms. The molecule has 9 heteroatoms. The molecule has 1 spiro atoms. The van der Waals surface area contributed by atoms with Gasteiger partial charge in [-0.15, -0.1) is 13.2 Å². The highest BCUT2D eigenvalue weighted by Gasteiger charge is 2.75. The van der Waals surface area contributed by atoms with E-state index in [9.17, 15) is 19.5 Å². The number of allylic oxidation sites excluding steroid dienone is 1. The monoisotopic (exact) mass is 540 g/mol. The molecule has 0 aromatic heterocycles. The second-order valence-corrected chi connectivity index (χ2v) is 10.8. The number of anilines is 1. The Kier molecular flexibility index (Phi) is 8.81. The van der Waals surface area contributed by atoms with Gasteiger partial charge < -0.3 is 29.1 Å². The van der Waals surface area contributed by atoms with E-state index in [1.807, 2.05) is 13.8 Å². The topological polar surface area (TPSA) is 106 Å². The molecule has 0 aliphatic carbocycles. The van der Waals surface area contributed by atoms with Crippen molar-refractivity contribution >= 4 is 23.5 Å². The van der Waals surface area contributed by atoms with Crippen LogP contribution in [-0.2, 0) is 23.9 Å². The minimum absolute atomic E-state index is 0.139. The van der Waals surface area contributed by atoms with E-state index in [1.165, 1.54) is 4.90 Å². The van der Waals surface area contributed by atoms with Gasteiger partial charge in [0.05, 0.1) is 44.3 Å². The van der Waals surface area contributed by atoms with Crippen LogP contribution in [0.4, 0.5) is 5.69 Å². The zero-order chi connectivity index (χ0) is 28.3. The van der Waals surface area contributed by atoms with Crippen molar-refractivity contribution in [3.63, 3.8) is 0 Å². The van der Waals surface area contributed by atoms with Crippen molar-refractivity contribution in [3.05, 3.63) is 49.6 Å². The smallest absolute Gasteiger partial charge is 0.312 e. The first-order valence-corrected chi connectivity index (χ1v) is 13.7. The van der Waals surface area contributed by atoms with Crippen LogP contribution in [0.3, 0.4) is 0 Å². The lowest BCUT2D eigenvalue weighted by atomic mass is 9.70.